The summed E-state index contributed by atoms with van der Waals surface area (Å²) in [7, 11) is 1.57. The zero-order valence-corrected chi connectivity index (χ0v) is 13.2. The molecule has 0 aromatic heterocycles. The Kier molecular flexibility index (Phi) is 4.30. The van der Waals surface area contributed by atoms with Gasteiger partial charge in [-0.1, -0.05) is 17.7 Å². The number of halogens is 2. The number of hydrogen-bond donors (Lipinski definition) is 0. The Balaban J connectivity index is 1.85. The SMILES string of the molecule is COc1ccc(C2=NN(C(=O)c3cccc(F)c3)CC2)c(Cl)c1. The first-order chi connectivity index (χ1) is 11.1. The fourth-order valence-electron chi connectivity index (χ4n) is 2.42. The van der Waals surface area contributed by atoms with Gasteiger partial charge in [0.05, 0.1) is 24.4 Å². The number of methoxy groups -OCH3 is 1. The van der Waals surface area contributed by atoms with E-state index in [9.17, 15) is 9.18 Å². The summed E-state index contributed by atoms with van der Waals surface area (Å²) in [5, 5.41) is 6.19. The second kappa shape index (κ2) is 6.38. The largest absolute Gasteiger partial charge is 0.497 e. The lowest BCUT2D eigenvalue weighted by Crippen LogP contribution is -2.23. The molecule has 1 aliphatic heterocycles. The van der Waals surface area contributed by atoms with Gasteiger partial charge in [0.1, 0.15) is 11.6 Å². The van der Waals surface area contributed by atoms with Crippen molar-refractivity contribution in [2.75, 3.05) is 13.7 Å². The first-order valence-corrected chi connectivity index (χ1v) is 7.45. The van der Waals surface area contributed by atoms with Crippen LogP contribution in [0.2, 0.25) is 5.02 Å². The van der Waals surface area contributed by atoms with Crippen LogP contribution in [0.15, 0.2) is 47.6 Å². The van der Waals surface area contributed by atoms with Crippen molar-refractivity contribution in [1.82, 2.24) is 5.01 Å². The van der Waals surface area contributed by atoms with Crippen LogP contribution in [0.3, 0.4) is 0 Å². The summed E-state index contributed by atoms with van der Waals surface area (Å²) in [5.74, 6) is -0.119. The van der Waals surface area contributed by atoms with E-state index in [1.54, 1.807) is 25.3 Å². The average Bonchev–Trinajstić information content (AvgIpc) is 3.03. The van der Waals surface area contributed by atoms with E-state index in [0.717, 1.165) is 11.3 Å². The van der Waals surface area contributed by atoms with Crippen molar-refractivity contribution >= 4 is 23.2 Å². The minimum atomic E-state index is -0.447. The third-order valence-electron chi connectivity index (χ3n) is 3.59. The molecule has 1 aliphatic rings. The minimum absolute atomic E-state index is 0.274. The normalized spacial score (nSPS) is 13.9. The van der Waals surface area contributed by atoms with Gasteiger partial charge in [-0.2, -0.15) is 5.10 Å². The Hall–Kier alpha value is -2.40. The molecule has 118 valence electrons. The van der Waals surface area contributed by atoms with Gasteiger partial charge in [0.15, 0.2) is 0 Å². The van der Waals surface area contributed by atoms with Crippen molar-refractivity contribution in [3.8, 4) is 5.75 Å². The first kappa shape index (κ1) is 15.5. The topological polar surface area (TPSA) is 41.9 Å². The van der Waals surface area contributed by atoms with Gasteiger partial charge in [0.25, 0.3) is 5.91 Å². The molecule has 1 heterocycles. The molecule has 2 aromatic rings. The van der Waals surface area contributed by atoms with Gasteiger partial charge >= 0.3 is 0 Å². The summed E-state index contributed by atoms with van der Waals surface area (Å²) >= 11 is 6.24. The number of amides is 1. The predicted molar refractivity (Wildman–Crippen MR) is 86.6 cm³/mol. The van der Waals surface area contributed by atoms with E-state index in [4.69, 9.17) is 16.3 Å². The zero-order valence-electron chi connectivity index (χ0n) is 12.4. The van der Waals surface area contributed by atoms with Gasteiger partial charge in [-0.15, -0.1) is 0 Å². The molecule has 4 nitrogen and oxygen atoms in total. The molecule has 23 heavy (non-hydrogen) atoms. The number of rotatable bonds is 3. The fourth-order valence-corrected chi connectivity index (χ4v) is 2.70. The number of carbonyl (C=O) groups excluding carboxylic acids is 1. The van der Waals surface area contributed by atoms with Crippen LogP contribution in [0.1, 0.15) is 22.3 Å². The molecule has 0 radical (unpaired) electrons. The summed E-state index contributed by atoms with van der Waals surface area (Å²) in [6.07, 6.45) is 0.590. The second-order valence-corrected chi connectivity index (χ2v) is 5.49. The van der Waals surface area contributed by atoms with Crippen LogP contribution in [-0.4, -0.2) is 30.3 Å². The van der Waals surface area contributed by atoms with E-state index >= 15 is 0 Å². The molecule has 6 heteroatoms. The molecule has 0 atom stereocenters. The van der Waals surface area contributed by atoms with E-state index in [-0.39, 0.29) is 11.5 Å². The minimum Gasteiger partial charge on any atom is -0.497 e. The Bertz CT molecular complexity index is 792. The van der Waals surface area contributed by atoms with Crippen molar-refractivity contribution in [2.45, 2.75) is 6.42 Å². The summed E-state index contributed by atoms with van der Waals surface area (Å²) in [6.45, 7) is 0.438. The molecular weight excluding hydrogens is 319 g/mol. The van der Waals surface area contributed by atoms with Crippen molar-refractivity contribution in [3.63, 3.8) is 0 Å². The lowest BCUT2D eigenvalue weighted by Gasteiger charge is -2.11. The van der Waals surface area contributed by atoms with Gasteiger partial charge in [-0.05, 0) is 36.4 Å². The van der Waals surface area contributed by atoms with Crippen molar-refractivity contribution in [2.24, 2.45) is 5.10 Å². The molecule has 1 amide bonds. The zero-order chi connectivity index (χ0) is 16.4. The van der Waals surface area contributed by atoms with Gasteiger partial charge in [-0.25, -0.2) is 9.40 Å². The maximum atomic E-state index is 13.2. The highest BCUT2D eigenvalue weighted by molar-refractivity contribution is 6.34. The monoisotopic (exact) mass is 332 g/mol. The molecule has 0 bridgehead atoms. The maximum Gasteiger partial charge on any atom is 0.274 e. The number of hydrogen-bond acceptors (Lipinski definition) is 3. The third-order valence-corrected chi connectivity index (χ3v) is 3.91. The molecule has 0 aliphatic carbocycles. The Morgan fingerprint density at radius 2 is 2.13 bits per heavy atom. The summed E-state index contributed by atoms with van der Waals surface area (Å²) in [5.41, 5.74) is 1.76. The highest BCUT2D eigenvalue weighted by Gasteiger charge is 2.24. The van der Waals surface area contributed by atoms with Gasteiger partial charge in [0, 0.05) is 17.5 Å². The first-order valence-electron chi connectivity index (χ1n) is 7.07. The van der Waals surface area contributed by atoms with Crippen LogP contribution in [0.5, 0.6) is 5.75 Å². The van der Waals surface area contributed by atoms with Crippen LogP contribution < -0.4 is 4.74 Å². The Morgan fingerprint density at radius 3 is 2.83 bits per heavy atom. The highest BCUT2D eigenvalue weighted by Crippen LogP contribution is 2.26. The Labute approximate surface area is 138 Å². The predicted octanol–water partition coefficient (Wildman–Crippen LogP) is 3.74. The van der Waals surface area contributed by atoms with E-state index < -0.39 is 5.82 Å². The molecule has 0 saturated heterocycles. The van der Waals surface area contributed by atoms with Crippen molar-refractivity contribution in [1.29, 1.82) is 0 Å². The lowest BCUT2D eigenvalue weighted by molar-refractivity contribution is 0.0778. The van der Waals surface area contributed by atoms with E-state index in [2.05, 4.69) is 5.10 Å². The highest BCUT2D eigenvalue weighted by atomic mass is 35.5. The number of ether oxygens (including phenoxy) is 1. The van der Waals surface area contributed by atoms with E-state index in [1.165, 1.54) is 23.2 Å². The molecular formula is C17H14ClFN2O2. The lowest BCUT2D eigenvalue weighted by atomic mass is 10.1. The molecule has 0 unspecified atom stereocenters. The molecule has 0 spiro atoms. The van der Waals surface area contributed by atoms with E-state index in [0.29, 0.717) is 23.7 Å². The van der Waals surface area contributed by atoms with Crippen LogP contribution in [0.25, 0.3) is 0 Å². The van der Waals surface area contributed by atoms with Crippen molar-refractivity contribution in [3.05, 3.63) is 64.4 Å². The molecule has 0 N–H and O–H groups in total. The fraction of sp³-hybridized carbons (Fsp3) is 0.176. The number of carbonyl (C=O) groups is 1. The van der Waals surface area contributed by atoms with Crippen LogP contribution in [0.4, 0.5) is 4.39 Å². The summed E-state index contributed by atoms with van der Waals surface area (Å²) in [6, 6.07) is 10.9. The van der Waals surface area contributed by atoms with Crippen molar-refractivity contribution < 1.29 is 13.9 Å². The van der Waals surface area contributed by atoms with Gasteiger partial charge in [-0.3, -0.25) is 4.79 Å². The number of benzene rings is 2. The average molecular weight is 333 g/mol. The third kappa shape index (κ3) is 3.19. The number of nitrogens with zero attached hydrogens (tertiary/aromatic N) is 2. The summed E-state index contributed by atoms with van der Waals surface area (Å²) in [4.78, 5) is 12.4. The molecule has 2 aromatic carbocycles. The maximum absolute atomic E-state index is 13.2. The van der Waals surface area contributed by atoms with Crippen LogP contribution in [-0.2, 0) is 0 Å². The molecule has 3 rings (SSSR count). The quantitative estimate of drug-likeness (QED) is 0.859. The van der Waals surface area contributed by atoms with Crippen LogP contribution in [0, 0.1) is 5.82 Å². The standard InChI is InChI=1S/C17H14ClFN2O2/c1-23-13-5-6-14(15(18)10-13)16-7-8-21(20-16)17(22)11-3-2-4-12(19)9-11/h2-6,9-10H,7-8H2,1H3. The van der Waals surface area contributed by atoms with E-state index in [1.807, 2.05) is 6.07 Å². The molecule has 0 saturated carbocycles. The summed E-state index contributed by atoms with van der Waals surface area (Å²) < 4.78 is 18.4. The van der Waals surface area contributed by atoms with Crippen LogP contribution >= 0.6 is 11.6 Å². The Morgan fingerprint density at radius 1 is 1.30 bits per heavy atom. The second-order valence-electron chi connectivity index (χ2n) is 5.08. The smallest absolute Gasteiger partial charge is 0.274 e. The van der Waals surface area contributed by atoms with Gasteiger partial charge < -0.3 is 4.74 Å². The number of hydrazone groups is 1. The molecule has 0 fully saturated rings. The van der Waals surface area contributed by atoms with Gasteiger partial charge in [0.2, 0.25) is 0 Å².